The number of hydrogen-bond donors (Lipinski definition) is 1. The average molecular weight is 259 g/mol. The zero-order valence-corrected chi connectivity index (χ0v) is 9.59. The normalized spacial score (nSPS) is 9.64. The number of pyridine rings is 1. The van der Waals surface area contributed by atoms with Crippen LogP contribution in [0.2, 0.25) is 0 Å². The third-order valence-corrected chi connectivity index (χ3v) is 2.04. The van der Waals surface area contributed by atoms with Crippen molar-refractivity contribution in [3.05, 3.63) is 16.7 Å². The number of nitrogens with one attached hydrogen (secondary N) is 1. The van der Waals surface area contributed by atoms with Gasteiger partial charge in [0.05, 0.1) is 7.11 Å². The Kier molecular flexibility index (Phi) is 3.88. The number of amides is 1. The zero-order valence-electron chi connectivity index (χ0n) is 8.00. The van der Waals surface area contributed by atoms with Gasteiger partial charge in [-0.3, -0.25) is 4.79 Å². The minimum Gasteiger partial charge on any atom is -0.480 e. The summed E-state index contributed by atoms with van der Waals surface area (Å²) in [5.41, 5.74) is 0.578. The Balaban J connectivity index is 2.93. The van der Waals surface area contributed by atoms with Crippen LogP contribution in [0.1, 0.15) is 13.3 Å². The number of aromatic nitrogens is 1. The van der Waals surface area contributed by atoms with Gasteiger partial charge in [-0.05, 0) is 22.0 Å². The quantitative estimate of drug-likeness (QED) is 0.905. The number of carbonyl (C=O) groups excluding carboxylic acids is 1. The molecule has 1 rings (SSSR count). The standard InChI is InChI=1S/C9H11BrN2O2/c1-3-8(13)12-7-4-6(10)5-11-9(7)14-2/h4-5H,3H2,1-2H3,(H,12,13). The van der Waals surface area contributed by atoms with Crippen molar-refractivity contribution in [2.45, 2.75) is 13.3 Å². The van der Waals surface area contributed by atoms with Gasteiger partial charge in [-0.25, -0.2) is 4.98 Å². The van der Waals surface area contributed by atoms with Gasteiger partial charge < -0.3 is 10.1 Å². The molecule has 1 heterocycles. The van der Waals surface area contributed by atoms with Gasteiger partial charge in [0.25, 0.3) is 0 Å². The van der Waals surface area contributed by atoms with Crippen LogP contribution in [0.15, 0.2) is 16.7 Å². The molecule has 0 saturated heterocycles. The van der Waals surface area contributed by atoms with E-state index < -0.39 is 0 Å². The largest absolute Gasteiger partial charge is 0.480 e. The van der Waals surface area contributed by atoms with Crippen LogP contribution in [0.25, 0.3) is 0 Å². The number of carbonyl (C=O) groups is 1. The molecule has 1 N–H and O–H groups in total. The number of rotatable bonds is 3. The highest BCUT2D eigenvalue weighted by Gasteiger charge is 2.07. The predicted octanol–water partition coefficient (Wildman–Crippen LogP) is 2.20. The minimum atomic E-state index is -0.0665. The average Bonchev–Trinajstić information content (AvgIpc) is 2.18. The molecule has 1 aromatic rings. The summed E-state index contributed by atoms with van der Waals surface area (Å²) in [6.07, 6.45) is 2.04. The molecular weight excluding hydrogens is 248 g/mol. The van der Waals surface area contributed by atoms with Crippen molar-refractivity contribution in [2.24, 2.45) is 0 Å². The molecule has 0 radical (unpaired) electrons. The summed E-state index contributed by atoms with van der Waals surface area (Å²) in [5.74, 6) is 0.346. The molecule has 5 heteroatoms. The minimum absolute atomic E-state index is 0.0665. The lowest BCUT2D eigenvalue weighted by Crippen LogP contribution is -2.10. The van der Waals surface area contributed by atoms with E-state index in [-0.39, 0.29) is 5.91 Å². The highest BCUT2D eigenvalue weighted by Crippen LogP contribution is 2.24. The molecule has 1 aromatic heterocycles. The van der Waals surface area contributed by atoms with Gasteiger partial charge in [0.1, 0.15) is 5.69 Å². The van der Waals surface area contributed by atoms with E-state index in [1.54, 1.807) is 19.2 Å². The van der Waals surface area contributed by atoms with Gasteiger partial charge in [0.2, 0.25) is 11.8 Å². The van der Waals surface area contributed by atoms with Crippen LogP contribution in [-0.4, -0.2) is 18.0 Å². The summed E-state index contributed by atoms with van der Waals surface area (Å²) in [5, 5.41) is 2.70. The summed E-state index contributed by atoms with van der Waals surface area (Å²) in [6.45, 7) is 1.78. The zero-order chi connectivity index (χ0) is 10.6. The van der Waals surface area contributed by atoms with Gasteiger partial charge in [0, 0.05) is 17.1 Å². The monoisotopic (exact) mass is 258 g/mol. The lowest BCUT2D eigenvalue weighted by molar-refractivity contribution is -0.115. The van der Waals surface area contributed by atoms with E-state index in [1.807, 2.05) is 0 Å². The fraction of sp³-hybridized carbons (Fsp3) is 0.333. The summed E-state index contributed by atoms with van der Waals surface area (Å²) in [6, 6.07) is 1.75. The number of methoxy groups -OCH3 is 1. The molecule has 0 atom stereocenters. The topological polar surface area (TPSA) is 51.2 Å². The maximum atomic E-state index is 11.2. The van der Waals surface area contributed by atoms with Crippen LogP contribution >= 0.6 is 15.9 Å². The number of ether oxygens (including phenoxy) is 1. The van der Waals surface area contributed by atoms with Crippen LogP contribution in [0.5, 0.6) is 5.88 Å². The molecule has 0 fully saturated rings. The van der Waals surface area contributed by atoms with Crippen molar-refractivity contribution in [1.29, 1.82) is 0 Å². The molecular formula is C9H11BrN2O2. The highest BCUT2D eigenvalue weighted by molar-refractivity contribution is 9.10. The van der Waals surface area contributed by atoms with E-state index in [0.717, 1.165) is 4.47 Å². The molecule has 0 aliphatic heterocycles. The second-order valence-electron chi connectivity index (χ2n) is 2.61. The third-order valence-electron chi connectivity index (χ3n) is 1.61. The fourth-order valence-electron chi connectivity index (χ4n) is 0.918. The third kappa shape index (κ3) is 2.70. The first-order valence-corrected chi connectivity index (χ1v) is 4.96. The van der Waals surface area contributed by atoms with Crippen molar-refractivity contribution in [3.8, 4) is 5.88 Å². The number of nitrogens with zero attached hydrogens (tertiary/aromatic N) is 1. The molecule has 0 aliphatic carbocycles. The Bertz CT molecular complexity index is 342. The Morgan fingerprint density at radius 3 is 3.00 bits per heavy atom. The van der Waals surface area contributed by atoms with E-state index >= 15 is 0 Å². The van der Waals surface area contributed by atoms with Crippen LogP contribution in [0.4, 0.5) is 5.69 Å². The molecule has 0 spiro atoms. The summed E-state index contributed by atoms with van der Waals surface area (Å²) in [4.78, 5) is 15.2. The molecule has 1 amide bonds. The summed E-state index contributed by atoms with van der Waals surface area (Å²) < 4.78 is 5.80. The Hall–Kier alpha value is -1.10. The molecule has 14 heavy (non-hydrogen) atoms. The molecule has 76 valence electrons. The molecule has 0 saturated carbocycles. The van der Waals surface area contributed by atoms with E-state index in [2.05, 4.69) is 26.2 Å². The SMILES string of the molecule is CCC(=O)Nc1cc(Br)cnc1OC. The fourth-order valence-corrected chi connectivity index (χ4v) is 1.25. The van der Waals surface area contributed by atoms with Crippen molar-refractivity contribution in [1.82, 2.24) is 4.98 Å². The van der Waals surface area contributed by atoms with Crippen molar-refractivity contribution >= 4 is 27.5 Å². The van der Waals surface area contributed by atoms with E-state index in [9.17, 15) is 4.79 Å². The maximum absolute atomic E-state index is 11.2. The van der Waals surface area contributed by atoms with E-state index in [4.69, 9.17) is 4.74 Å². The number of halogens is 1. The smallest absolute Gasteiger partial charge is 0.237 e. The van der Waals surface area contributed by atoms with Crippen molar-refractivity contribution < 1.29 is 9.53 Å². The number of anilines is 1. The summed E-state index contributed by atoms with van der Waals surface area (Å²) in [7, 11) is 1.51. The van der Waals surface area contributed by atoms with Gasteiger partial charge >= 0.3 is 0 Å². The lowest BCUT2D eigenvalue weighted by Gasteiger charge is -2.08. The first-order valence-electron chi connectivity index (χ1n) is 4.16. The van der Waals surface area contributed by atoms with Gasteiger partial charge in [-0.15, -0.1) is 0 Å². The van der Waals surface area contributed by atoms with E-state index in [0.29, 0.717) is 18.0 Å². The van der Waals surface area contributed by atoms with E-state index in [1.165, 1.54) is 7.11 Å². The molecule has 0 aromatic carbocycles. The Morgan fingerprint density at radius 1 is 1.71 bits per heavy atom. The van der Waals surface area contributed by atoms with Crippen molar-refractivity contribution in [3.63, 3.8) is 0 Å². The van der Waals surface area contributed by atoms with Gasteiger partial charge in [-0.2, -0.15) is 0 Å². The second kappa shape index (κ2) is 4.95. The van der Waals surface area contributed by atoms with Gasteiger partial charge in [0.15, 0.2) is 0 Å². The molecule has 0 unspecified atom stereocenters. The second-order valence-corrected chi connectivity index (χ2v) is 3.53. The molecule has 4 nitrogen and oxygen atoms in total. The Morgan fingerprint density at radius 2 is 2.43 bits per heavy atom. The number of hydrogen-bond acceptors (Lipinski definition) is 3. The van der Waals surface area contributed by atoms with Crippen molar-refractivity contribution in [2.75, 3.05) is 12.4 Å². The summed E-state index contributed by atoms with van der Waals surface area (Å²) >= 11 is 3.27. The van der Waals surface area contributed by atoms with Crippen LogP contribution in [0.3, 0.4) is 0 Å². The first kappa shape index (κ1) is 11.0. The van der Waals surface area contributed by atoms with Crippen LogP contribution in [-0.2, 0) is 4.79 Å². The van der Waals surface area contributed by atoms with Crippen LogP contribution < -0.4 is 10.1 Å². The van der Waals surface area contributed by atoms with Gasteiger partial charge in [-0.1, -0.05) is 6.92 Å². The maximum Gasteiger partial charge on any atom is 0.237 e. The first-order chi connectivity index (χ1) is 6.67. The lowest BCUT2D eigenvalue weighted by atomic mass is 10.3. The predicted molar refractivity (Wildman–Crippen MR) is 57.4 cm³/mol. The molecule has 0 bridgehead atoms. The molecule has 0 aliphatic rings. The van der Waals surface area contributed by atoms with Crippen LogP contribution in [0, 0.1) is 0 Å². The Labute approximate surface area is 90.8 Å². The highest BCUT2D eigenvalue weighted by atomic mass is 79.9.